The third-order valence-electron chi connectivity index (χ3n) is 1.35. The van der Waals surface area contributed by atoms with Crippen LogP contribution in [0.25, 0.3) is 0 Å². The molecule has 0 bridgehead atoms. The number of nitrogens with zero attached hydrogens (tertiary/aromatic N) is 1. The second-order valence-corrected chi connectivity index (χ2v) is 3.92. The standard InChI is InChI=1S/C7H10N2O2S/c1-7(2,8)4-3-12-5(9-4)6(10)11/h3H,8H2,1-2H3,(H,10,11). The first-order valence-corrected chi connectivity index (χ1v) is 4.27. The number of nitrogens with two attached hydrogens (primary N) is 1. The Hall–Kier alpha value is -0.940. The predicted octanol–water partition coefficient (Wildman–Crippen LogP) is 1.04. The van der Waals surface area contributed by atoms with E-state index >= 15 is 0 Å². The first-order chi connectivity index (χ1) is 5.41. The van der Waals surface area contributed by atoms with E-state index in [0.29, 0.717) is 5.69 Å². The minimum Gasteiger partial charge on any atom is -0.476 e. The molecule has 0 radical (unpaired) electrons. The topological polar surface area (TPSA) is 76.2 Å². The van der Waals surface area contributed by atoms with Crippen LogP contribution < -0.4 is 5.73 Å². The van der Waals surface area contributed by atoms with Crippen molar-refractivity contribution in [2.24, 2.45) is 5.73 Å². The summed E-state index contributed by atoms with van der Waals surface area (Å²) in [5.74, 6) is -1.00. The van der Waals surface area contributed by atoms with Gasteiger partial charge in [-0.2, -0.15) is 0 Å². The summed E-state index contributed by atoms with van der Waals surface area (Å²) in [6, 6.07) is 0. The van der Waals surface area contributed by atoms with E-state index in [1.165, 1.54) is 0 Å². The second kappa shape index (κ2) is 2.84. The first-order valence-electron chi connectivity index (χ1n) is 3.39. The number of hydrogen-bond donors (Lipinski definition) is 2. The van der Waals surface area contributed by atoms with E-state index in [9.17, 15) is 4.79 Å². The highest BCUT2D eigenvalue weighted by molar-refractivity contribution is 7.11. The Bertz CT molecular complexity index is 301. The van der Waals surface area contributed by atoms with Crippen LogP contribution in [0.15, 0.2) is 5.38 Å². The second-order valence-electron chi connectivity index (χ2n) is 3.06. The Morgan fingerprint density at radius 1 is 1.75 bits per heavy atom. The molecule has 4 nitrogen and oxygen atoms in total. The molecular formula is C7H10N2O2S. The molecule has 0 atom stereocenters. The maximum absolute atomic E-state index is 10.4. The van der Waals surface area contributed by atoms with Gasteiger partial charge in [-0.25, -0.2) is 9.78 Å². The summed E-state index contributed by atoms with van der Waals surface area (Å²) in [5.41, 5.74) is 5.77. The molecule has 3 N–H and O–H groups in total. The number of thiazole rings is 1. The van der Waals surface area contributed by atoms with Gasteiger partial charge >= 0.3 is 5.97 Å². The fraction of sp³-hybridized carbons (Fsp3) is 0.429. The van der Waals surface area contributed by atoms with E-state index in [0.717, 1.165) is 11.3 Å². The number of hydrogen-bond acceptors (Lipinski definition) is 4. The van der Waals surface area contributed by atoms with E-state index in [2.05, 4.69) is 4.98 Å². The lowest BCUT2D eigenvalue weighted by atomic mass is 10.0. The highest BCUT2D eigenvalue weighted by Gasteiger charge is 2.19. The summed E-state index contributed by atoms with van der Waals surface area (Å²) < 4.78 is 0. The summed E-state index contributed by atoms with van der Waals surface area (Å²) in [4.78, 5) is 14.3. The first kappa shape index (κ1) is 9.15. The van der Waals surface area contributed by atoms with E-state index in [1.54, 1.807) is 19.2 Å². The van der Waals surface area contributed by atoms with Crippen molar-refractivity contribution in [3.63, 3.8) is 0 Å². The molecule has 0 aliphatic rings. The fourth-order valence-corrected chi connectivity index (χ4v) is 1.50. The van der Waals surface area contributed by atoms with Crippen LogP contribution in [0.4, 0.5) is 0 Å². The molecule has 0 saturated heterocycles. The van der Waals surface area contributed by atoms with E-state index in [4.69, 9.17) is 10.8 Å². The Kier molecular flexibility index (Phi) is 2.16. The van der Waals surface area contributed by atoms with Crippen LogP contribution >= 0.6 is 11.3 Å². The minimum absolute atomic E-state index is 0.0866. The van der Waals surface area contributed by atoms with Gasteiger partial charge in [0.05, 0.1) is 11.2 Å². The smallest absolute Gasteiger partial charge is 0.365 e. The number of carboxylic acid groups (broad SMARTS) is 1. The van der Waals surface area contributed by atoms with Gasteiger partial charge < -0.3 is 10.8 Å². The van der Waals surface area contributed by atoms with Crippen molar-refractivity contribution in [3.05, 3.63) is 16.1 Å². The molecule has 1 aromatic rings. The van der Waals surface area contributed by atoms with Gasteiger partial charge in [-0.3, -0.25) is 0 Å². The fourth-order valence-electron chi connectivity index (χ4n) is 0.668. The molecule has 0 saturated carbocycles. The summed E-state index contributed by atoms with van der Waals surface area (Å²) in [7, 11) is 0. The number of rotatable bonds is 2. The summed E-state index contributed by atoms with van der Waals surface area (Å²) in [6.45, 7) is 3.57. The Labute approximate surface area is 74.0 Å². The Morgan fingerprint density at radius 2 is 2.33 bits per heavy atom. The van der Waals surface area contributed by atoms with Gasteiger partial charge in [0.15, 0.2) is 0 Å². The number of carbonyl (C=O) groups is 1. The Morgan fingerprint density at radius 3 is 2.58 bits per heavy atom. The molecule has 0 unspecified atom stereocenters. The van der Waals surface area contributed by atoms with Gasteiger partial charge in [0.2, 0.25) is 5.01 Å². The third-order valence-corrected chi connectivity index (χ3v) is 2.18. The molecule has 1 heterocycles. The average molecular weight is 186 g/mol. The van der Waals surface area contributed by atoms with E-state index in [-0.39, 0.29) is 5.01 Å². The van der Waals surface area contributed by atoms with Gasteiger partial charge in [-0.05, 0) is 13.8 Å². The maximum atomic E-state index is 10.4. The highest BCUT2D eigenvalue weighted by atomic mass is 32.1. The largest absolute Gasteiger partial charge is 0.476 e. The lowest BCUT2D eigenvalue weighted by Gasteiger charge is -2.14. The van der Waals surface area contributed by atoms with Gasteiger partial charge in [-0.1, -0.05) is 0 Å². The van der Waals surface area contributed by atoms with Crippen LogP contribution in [-0.2, 0) is 5.54 Å². The van der Waals surface area contributed by atoms with E-state index in [1.807, 2.05) is 0 Å². The third kappa shape index (κ3) is 1.80. The Balaban J connectivity index is 3.00. The zero-order valence-corrected chi connectivity index (χ0v) is 7.68. The normalized spacial score (nSPS) is 11.6. The predicted molar refractivity (Wildman–Crippen MR) is 46.3 cm³/mol. The van der Waals surface area contributed by atoms with Crippen molar-refractivity contribution in [3.8, 4) is 0 Å². The maximum Gasteiger partial charge on any atom is 0.365 e. The zero-order valence-electron chi connectivity index (χ0n) is 6.87. The molecule has 0 spiro atoms. The van der Waals surface area contributed by atoms with Crippen molar-refractivity contribution in [2.75, 3.05) is 0 Å². The highest BCUT2D eigenvalue weighted by Crippen LogP contribution is 2.19. The molecule has 66 valence electrons. The van der Waals surface area contributed by atoms with Crippen molar-refractivity contribution in [2.45, 2.75) is 19.4 Å². The minimum atomic E-state index is -1.00. The molecule has 0 aromatic carbocycles. The summed E-state index contributed by atoms with van der Waals surface area (Å²) >= 11 is 1.09. The molecule has 12 heavy (non-hydrogen) atoms. The number of carboxylic acids is 1. The molecule has 0 fully saturated rings. The van der Waals surface area contributed by atoms with Crippen molar-refractivity contribution in [1.82, 2.24) is 4.98 Å². The lowest BCUT2D eigenvalue weighted by Crippen LogP contribution is -2.29. The zero-order chi connectivity index (χ0) is 9.35. The number of aromatic nitrogens is 1. The average Bonchev–Trinajstić information content (AvgIpc) is 2.30. The van der Waals surface area contributed by atoms with Crippen LogP contribution in [0.3, 0.4) is 0 Å². The van der Waals surface area contributed by atoms with Gasteiger partial charge in [-0.15, -0.1) is 11.3 Å². The molecule has 5 heteroatoms. The van der Waals surface area contributed by atoms with E-state index < -0.39 is 11.5 Å². The monoisotopic (exact) mass is 186 g/mol. The molecule has 1 aromatic heterocycles. The van der Waals surface area contributed by atoms with Crippen LogP contribution in [0, 0.1) is 0 Å². The van der Waals surface area contributed by atoms with Crippen LogP contribution in [-0.4, -0.2) is 16.1 Å². The summed E-state index contributed by atoms with van der Waals surface area (Å²) in [5, 5.41) is 10.3. The molecule has 0 aliphatic carbocycles. The van der Waals surface area contributed by atoms with Crippen molar-refractivity contribution < 1.29 is 9.90 Å². The van der Waals surface area contributed by atoms with Crippen LogP contribution in [0.1, 0.15) is 29.3 Å². The quantitative estimate of drug-likeness (QED) is 0.723. The van der Waals surface area contributed by atoms with Gasteiger partial charge in [0, 0.05) is 5.38 Å². The molecule has 1 rings (SSSR count). The van der Waals surface area contributed by atoms with Gasteiger partial charge in [0.1, 0.15) is 0 Å². The summed E-state index contributed by atoms with van der Waals surface area (Å²) in [6.07, 6.45) is 0. The number of aromatic carboxylic acids is 1. The van der Waals surface area contributed by atoms with Crippen LogP contribution in [0.2, 0.25) is 0 Å². The van der Waals surface area contributed by atoms with Crippen LogP contribution in [0.5, 0.6) is 0 Å². The SMILES string of the molecule is CC(C)(N)c1csc(C(=O)O)n1. The molecular weight excluding hydrogens is 176 g/mol. The lowest BCUT2D eigenvalue weighted by molar-refractivity contribution is 0.0696. The molecule has 0 aliphatic heterocycles. The van der Waals surface area contributed by atoms with Gasteiger partial charge in [0.25, 0.3) is 0 Å². The van der Waals surface area contributed by atoms with Crippen molar-refractivity contribution >= 4 is 17.3 Å². The molecule has 0 amide bonds. The van der Waals surface area contributed by atoms with Crippen molar-refractivity contribution in [1.29, 1.82) is 0 Å².